The summed E-state index contributed by atoms with van der Waals surface area (Å²) in [5.74, 6) is 0.161. The Balaban J connectivity index is 1.37. The largest absolute Gasteiger partial charge is 0.494 e. The number of aryl methyl sites for hydroxylation is 6. The average Bonchev–Trinajstić information content (AvgIpc) is 3.41. The molecule has 1 saturated carbocycles. The molecule has 1 aliphatic carbocycles. The number of carbonyl (C=O) groups excluding carboxylic acids is 1. The predicted molar refractivity (Wildman–Crippen MR) is 187 cm³/mol. The maximum Gasteiger partial charge on any atom is 0.306 e. The Kier molecular flexibility index (Phi) is 9.64. The maximum atomic E-state index is 14.6. The third-order valence-electron chi connectivity index (χ3n) is 10.3. The molecule has 0 saturated heterocycles. The first-order valence-electron chi connectivity index (χ1n) is 16.7. The highest BCUT2D eigenvalue weighted by Gasteiger charge is 2.34. The lowest BCUT2D eigenvalue weighted by Gasteiger charge is -2.31. The van der Waals surface area contributed by atoms with Crippen LogP contribution in [0.15, 0.2) is 24.3 Å². The third kappa shape index (κ3) is 6.39. The molecule has 47 heavy (non-hydrogen) atoms. The first-order chi connectivity index (χ1) is 22.5. The van der Waals surface area contributed by atoms with Gasteiger partial charge in [0.2, 0.25) is 0 Å². The minimum atomic E-state index is -0.706. The van der Waals surface area contributed by atoms with Crippen LogP contribution in [0.1, 0.15) is 77.1 Å². The van der Waals surface area contributed by atoms with Crippen molar-refractivity contribution in [1.82, 2.24) is 19.2 Å². The fourth-order valence-corrected chi connectivity index (χ4v) is 8.12. The molecule has 4 aromatic rings. The van der Waals surface area contributed by atoms with Gasteiger partial charge in [-0.15, -0.1) is 0 Å². The van der Waals surface area contributed by atoms with Gasteiger partial charge >= 0.3 is 5.97 Å². The van der Waals surface area contributed by atoms with E-state index in [1.165, 1.54) is 0 Å². The Morgan fingerprint density at radius 1 is 1.02 bits per heavy atom. The van der Waals surface area contributed by atoms with Crippen LogP contribution in [0.3, 0.4) is 0 Å². The number of rotatable bonds is 9. The van der Waals surface area contributed by atoms with Gasteiger partial charge in [-0.2, -0.15) is 5.10 Å². The zero-order chi connectivity index (χ0) is 33.6. The second-order valence-electron chi connectivity index (χ2n) is 13.5. The van der Waals surface area contributed by atoms with E-state index in [1.54, 1.807) is 0 Å². The molecular weight excluding hydrogens is 635 g/mol. The number of aliphatic carboxylic acids is 1. The van der Waals surface area contributed by atoms with Crippen molar-refractivity contribution in [2.75, 3.05) is 19.7 Å². The van der Waals surface area contributed by atoms with E-state index in [4.69, 9.17) is 33.0 Å². The molecule has 6 rings (SSSR count). The molecule has 10 heteroatoms. The summed E-state index contributed by atoms with van der Waals surface area (Å²) in [6.07, 6.45) is 5.22. The lowest BCUT2D eigenvalue weighted by molar-refractivity contribution is -0.143. The normalized spacial score (nSPS) is 18.4. The highest BCUT2D eigenvalue weighted by Crippen LogP contribution is 2.43. The third-order valence-corrected chi connectivity index (χ3v) is 11.2. The van der Waals surface area contributed by atoms with Gasteiger partial charge in [0.1, 0.15) is 11.4 Å². The van der Waals surface area contributed by atoms with Crippen LogP contribution in [0.25, 0.3) is 22.0 Å². The number of benzene rings is 2. The number of halogens is 2. The lowest BCUT2D eigenvalue weighted by atomic mass is 9.82. The van der Waals surface area contributed by atoms with Crippen LogP contribution in [0.4, 0.5) is 0 Å². The molecule has 1 amide bonds. The Bertz CT molecular complexity index is 1830. The maximum absolute atomic E-state index is 14.6. The minimum Gasteiger partial charge on any atom is -0.494 e. The quantitative estimate of drug-likeness (QED) is 0.180. The fraction of sp³-hybridized carbons (Fsp3) is 0.486. The molecule has 1 N–H and O–H groups in total. The van der Waals surface area contributed by atoms with Gasteiger partial charge in [-0.25, -0.2) is 0 Å². The van der Waals surface area contributed by atoms with Gasteiger partial charge in [-0.3, -0.25) is 14.3 Å². The molecule has 0 atom stereocenters. The van der Waals surface area contributed by atoms with Gasteiger partial charge in [-0.1, -0.05) is 29.3 Å². The van der Waals surface area contributed by atoms with Crippen molar-refractivity contribution >= 4 is 46.0 Å². The van der Waals surface area contributed by atoms with Crippen LogP contribution in [-0.2, 0) is 24.8 Å². The van der Waals surface area contributed by atoms with E-state index >= 15 is 0 Å². The summed E-state index contributed by atoms with van der Waals surface area (Å²) in [5, 5.41) is 16.6. The average molecular weight is 680 g/mol. The summed E-state index contributed by atoms with van der Waals surface area (Å²) in [6.45, 7) is 10.5. The van der Waals surface area contributed by atoms with Gasteiger partial charge in [-0.05, 0) is 113 Å². The second kappa shape index (κ2) is 13.6. The number of carboxylic acids is 1. The number of hydrogen-bond acceptors (Lipinski definition) is 4. The highest BCUT2D eigenvalue weighted by atomic mass is 35.5. The van der Waals surface area contributed by atoms with Crippen molar-refractivity contribution in [3.05, 3.63) is 68.1 Å². The molecule has 1 fully saturated rings. The Labute approximate surface area is 286 Å². The number of hydrogen-bond donors (Lipinski definition) is 1. The van der Waals surface area contributed by atoms with E-state index in [1.807, 2.05) is 55.6 Å². The molecule has 0 radical (unpaired) electrons. The summed E-state index contributed by atoms with van der Waals surface area (Å²) >= 11 is 13.4. The number of aromatic nitrogens is 3. The molecule has 0 bridgehead atoms. The van der Waals surface area contributed by atoms with Crippen molar-refractivity contribution in [3.63, 3.8) is 0 Å². The van der Waals surface area contributed by atoms with Crippen molar-refractivity contribution in [1.29, 1.82) is 0 Å². The van der Waals surface area contributed by atoms with Crippen molar-refractivity contribution < 1.29 is 19.4 Å². The first kappa shape index (κ1) is 33.4. The number of carbonyl (C=O) groups is 2. The molecule has 0 unspecified atom stereocenters. The van der Waals surface area contributed by atoms with Gasteiger partial charge in [0.25, 0.3) is 5.91 Å². The molecule has 0 spiro atoms. The van der Waals surface area contributed by atoms with E-state index in [-0.39, 0.29) is 11.8 Å². The summed E-state index contributed by atoms with van der Waals surface area (Å²) < 4.78 is 10.3. The predicted octanol–water partition coefficient (Wildman–Crippen LogP) is 8.33. The van der Waals surface area contributed by atoms with E-state index in [9.17, 15) is 14.7 Å². The van der Waals surface area contributed by atoms with Crippen LogP contribution >= 0.6 is 23.2 Å². The second-order valence-corrected chi connectivity index (χ2v) is 14.2. The molecule has 2 aromatic carbocycles. The van der Waals surface area contributed by atoms with Gasteiger partial charge in [0.05, 0.1) is 28.8 Å². The van der Waals surface area contributed by atoms with E-state index in [2.05, 4.69) is 17.6 Å². The molecule has 250 valence electrons. The first-order valence-corrected chi connectivity index (χ1v) is 17.5. The van der Waals surface area contributed by atoms with Crippen molar-refractivity contribution in [2.45, 2.75) is 79.2 Å². The topological polar surface area (TPSA) is 89.6 Å². The molecule has 2 aromatic heterocycles. The summed E-state index contributed by atoms with van der Waals surface area (Å²) in [4.78, 5) is 28.2. The minimum absolute atomic E-state index is 0.0423. The van der Waals surface area contributed by atoms with Gasteiger partial charge < -0.3 is 19.3 Å². The number of nitrogens with zero attached hydrogens (tertiary/aromatic N) is 4. The van der Waals surface area contributed by atoms with Crippen LogP contribution in [0.2, 0.25) is 10.0 Å². The SMILES string of the molecule is Cc1cc(OCCCc2c3n(c4c(-c5c(C)nn(C)c5C)c(Cl)ccc24)CCCN(C[C@H]2CC[C@H](C(=O)O)CC2)C3=O)cc(C)c1Cl. The van der Waals surface area contributed by atoms with E-state index in [0.717, 1.165) is 92.3 Å². The smallest absolute Gasteiger partial charge is 0.306 e. The van der Waals surface area contributed by atoms with Crippen LogP contribution < -0.4 is 4.74 Å². The zero-order valence-corrected chi connectivity index (χ0v) is 29.5. The summed E-state index contributed by atoms with van der Waals surface area (Å²) in [5.41, 5.74) is 8.58. The number of amides is 1. The van der Waals surface area contributed by atoms with Crippen LogP contribution in [-0.4, -0.2) is 55.9 Å². The molecule has 1 aliphatic heterocycles. The molecular formula is C37H44Cl2N4O4. The van der Waals surface area contributed by atoms with Crippen LogP contribution in [0, 0.1) is 39.5 Å². The summed E-state index contributed by atoms with van der Waals surface area (Å²) in [6, 6.07) is 7.95. The Hall–Kier alpha value is -3.49. The monoisotopic (exact) mass is 678 g/mol. The highest BCUT2D eigenvalue weighted by molar-refractivity contribution is 6.35. The van der Waals surface area contributed by atoms with E-state index < -0.39 is 5.97 Å². The Morgan fingerprint density at radius 2 is 1.72 bits per heavy atom. The number of carboxylic acid groups (broad SMARTS) is 1. The number of ether oxygens (including phenoxy) is 1. The van der Waals surface area contributed by atoms with E-state index in [0.29, 0.717) is 56.4 Å². The van der Waals surface area contributed by atoms with Crippen molar-refractivity contribution in [2.24, 2.45) is 18.9 Å². The fourth-order valence-electron chi connectivity index (χ4n) is 7.76. The lowest BCUT2D eigenvalue weighted by Crippen LogP contribution is -2.37. The Morgan fingerprint density at radius 3 is 2.36 bits per heavy atom. The van der Waals surface area contributed by atoms with Gasteiger partial charge in [0.15, 0.2) is 0 Å². The van der Waals surface area contributed by atoms with Gasteiger partial charge in [0, 0.05) is 53.9 Å². The molecule has 2 aliphatic rings. The number of fused-ring (bicyclic) bond motifs is 3. The zero-order valence-electron chi connectivity index (χ0n) is 28.0. The molecule has 8 nitrogen and oxygen atoms in total. The van der Waals surface area contributed by atoms with Crippen LogP contribution in [0.5, 0.6) is 5.75 Å². The molecule has 3 heterocycles. The summed E-state index contributed by atoms with van der Waals surface area (Å²) in [7, 11) is 1.94. The van der Waals surface area contributed by atoms with Crippen molar-refractivity contribution in [3.8, 4) is 16.9 Å². The standard InChI is InChI=1S/C37H44Cl2N4O4/c1-21-18-27(19-22(2)33(21)39)47-17-6-8-28-29-13-14-30(38)32(31-23(3)40-41(5)24(31)4)34(29)43-16-7-15-42(36(44)35(28)43)20-25-9-11-26(12-10-25)37(45)46/h13-14,18-19,25-26H,6-12,15-17,20H2,1-5H3,(H,45,46)/t25-,26-.